The molecule has 1 saturated carbocycles. The second kappa shape index (κ2) is 4.90. The minimum absolute atomic E-state index is 0.614. The average Bonchev–Trinajstić information content (AvgIpc) is 3.12. The molecule has 0 aliphatic heterocycles. The molecule has 0 amide bonds. The van der Waals surface area contributed by atoms with Gasteiger partial charge in [-0.25, -0.2) is 4.98 Å². The van der Waals surface area contributed by atoms with Crippen LogP contribution in [0.1, 0.15) is 37.5 Å². The number of para-hydroxylation sites is 1. The number of aromatic nitrogens is 2. The van der Waals surface area contributed by atoms with E-state index < -0.39 is 0 Å². The van der Waals surface area contributed by atoms with Crippen LogP contribution in [0.25, 0.3) is 11.0 Å². The molecule has 0 unspecified atom stereocenters. The van der Waals surface area contributed by atoms with Crippen molar-refractivity contribution in [1.82, 2.24) is 9.55 Å². The van der Waals surface area contributed by atoms with Crippen molar-refractivity contribution in [2.75, 3.05) is 6.54 Å². The summed E-state index contributed by atoms with van der Waals surface area (Å²) in [6, 6.07) is 6.59. The number of fused-ring (bicyclic) bond motifs is 1. The van der Waals surface area contributed by atoms with Crippen LogP contribution in [0.5, 0.6) is 0 Å². The second-order valence-electron chi connectivity index (χ2n) is 4.98. The van der Waals surface area contributed by atoms with Crippen LogP contribution in [0.3, 0.4) is 0 Å². The summed E-state index contributed by atoms with van der Waals surface area (Å²) in [5.74, 6) is 1.18. The van der Waals surface area contributed by atoms with Crippen LogP contribution >= 0.6 is 11.6 Å². The molecule has 1 aliphatic rings. The van der Waals surface area contributed by atoms with E-state index in [0.29, 0.717) is 6.04 Å². The zero-order valence-electron chi connectivity index (χ0n) is 10.4. The first-order valence-electron chi connectivity index (χ1n) is 6.66. The Bertz CT molecular complexity index is 557. The summed E-state index contributed by atoms with van der Waals surface area (Å²) in [4.78, 5) is 4.74. The Balaban J connectivity index is 2.01. The zero-order chi connectivity index (χ0) is 12.5. The smallest absolute Gasteiger partial charge is 0.110 e. The van der Waals surface area contributed by atoms with Crippen LogP contribution in [-0.4, -0.2) is 16.1 Å². The molecule has 3 nitrogen and oxygen atoms in total. The van der Waals surface area contributed by atoms with Crippen molar-refractivity contribution in [2.24, 2.45) is 5.73 Å². The minimum atomic E-state index is 0.614. The molecule has 0 bridgehead atoms. The molecular weight excluding hydrogens is 246 g/mol. The van der Waals surface area contributed by atoms with Gasteiger partial charge in [-0.05, 0) is 44.4 Å². The number of hydrogen-bond donors (Lipinski definition) is 1. The molecule has 1 aromatic carbocycles. The first-order chi connectivity index (χ1) is 8.81. The van der Waals surface area contributed by atoms with Gasteiger partial charge in [-0.15, -0.1) is 0 Å². The number of hydrogen-bond acceptors (Lipinski definition) is 2. The molecule has 2 aromatic rings. The van der Waals surface area contributed by atoms with E-state index in [1.165, 1.54) is 18.7 Å². The number of unbranched alkanes of at least 4 members (excludes halogenated alkanes) is 1. The maximum Gasteiger partial charge on any atom is 0.110 e. The number of nitrogens with zero attached hydrogens (tertiary/aromatic N) is 2. The van der Waals surface area contributed by atoms with Gasteiger partial charge in [0, 0.05) is 12.5 Å². The van der Waals surface area contributed by atoms with Crippen LogP contribution in [0.15, 0.2) is 18.2 Å². The van der Waals surface area contributed by atoms with Crippen molar-refractivity contribution in [3.8, 4) is 0 Å². The predicted molar refractivity (Wildman–Crippen MR) is 75.0 cm³/mol. The zero-order valence-corrected chi connectivity index (χ0v) is 11.2. The number of aryl methyl sites for hydroxylation is 1. The highest BCUT2D eigenvalue weighted by molar-refractivity contribution is 6.35. The minimum Gasteiger partial charge on any atom is -0.330 e. The molecule has 1 aromatic heterocycles. The number of benzene rings is 1. The van der Waals surface area contributed by atoms with Gasteiger partial charge in [0.25, 0.3) is 0 Å². The quantitative estimate of drug-likeness (QED) is 0.841. The lowest BCUT2D eigenvalue weighted by Crippen LogP contribution is -2.04. The van der Waals surface area contributed by atoms with Crippen LogP contribution in [0.2, 0.25) is 5.02 Å². The van der Waals surface area contributed by atoms with E-state index in [0.717, 1.165) is 41.9 Å². The molecule has 0 saturated heterocycles. The van der Waals surface area contributed by atoms with E-state index in [9.17, 15) is 0 Å². The van der Waals surface area contributed by atoms with E-state index >= 15 is 0 Å². The molecule has 3 rings (SSSR count). The fourth-order valence-electron chi connectivity index (χ4n) is 2.48. The van der Waals surface area contributed by atoms with Gasteiger partial charge in [0.05, 0.1) is 16.1 Å². The number of imidazole rings is 1. The highest BCUT2D eigenvalue weighted by Gasteiger charge is 2.28. The van der Waals surface area contributed by atoms with Gasteiger partial charge in [-0.3, -0.25) is 0 Å². The van der Waals surface area contributed by atoms with Gasteiger partial charge in [-0.2, -0.15) is 0 Å². The highest BCUT2D eigenvalue weighted by atomic mass is 35.5. The largest absolute Gasteiger partial charge is 0.330 e. The Morgan fingerprint density at radius 2 is 2.17 bits per heavy atom. The third-order valence-corrected chi connectivity index (χ3v) is 3.81. The van der Waals surface area contributed by atoms with Crippen LogP contribution < -0.4 is 5.73 Å². The molecule has 4 heteroatoms. The Labute approximate surface area is 112 Å². The normalized spacial score (nSPS) is 15.4. The summed E-state index contributed by atoms with van der Waals surface area (Å²) in [6.45, 7) is 0.754. The highest BCUT2D eigenvalue weighted by Crippen LogP contribution is 2.40. The molecule has 18 heavy (non-hydrogen) atoms. The van der Waals surface area contributed by atoms with E-state index in [1.807, 2.05) is 18.2 Å². The van der Waals surface area contributed by atoms with E-state index in [4.69, 9.17) is 22.3 Å². The van der Waals surface area contributed by atoms with Crippen molar-refractivity contribution >= 4 is 22.6 Å². The van der Waals surface area contributed by atoms with Crippen LogP contribution in [0, 0.1) is 0 Å². The average molecular weight is 264 g/mol. The maximum atomic E-state index is 6.33. The molecule has 96 valence electrons. The second-order valence-corrected chi connectivity index (χ2v) is 5.39. The van der Waals surface area contributed by atoms with Crippen molar-refractivity contribution in [3.05, 3.63) is 29.0 Å². The van der Waals surface area contributed by atoms with Crippen LogP contribution in [0.4, 0.5) is 0 Å². The van der Waals surface area contributed by atoms with Crippen molar-refractivity contribution in [1.29, 1.82) is 0 Å². The summed E-state index contributed by atoms with van der Waals surface area (Å²) in [5.41, 5.74) is 7.69. The maximum absolute atomic E-state index is 6.33. The Kier molecular flexibility index (Phi) is 3.27. The first kappa shape index (κ1) is 12.0. The molecule has 1 heterocycles. The Hall–Kier alpha value is -1.06. The summed E-state index contributed by atoms with van der Waals surface area (Å²) >= 11 is 6.33. The van der Waals surface area contributed by atoms with Crippen LogP contribution in [-0.2, 0) is 6.42 Å². The number of halogens is 1. The van der Waals surface area contributed by atoms with Gasteiger partial charge in [0.15, 0.2) is 0 Å². The fraction of sp³-hybridized carbons (Fsp3) is 0.500. The summed E-state index contributed by atoms with van der Waals surface area (Å²) in [5, 5.41) is 0.817. The summed E-state index contributed by atoms with van der Waals surface area (Å²) in [7, 11) is 0. The molecule has 1 aliphatic carbocycles. The van der Waals surface area contributed by atoms with Crippen molar-refractivity contribution < 1.29 is 0 Å². The summed E-state index contributed by atoms with van der Waals surface area (Å²) in [6.07, 6.45) is 5.66. The van der Waals surface area contributed by atoms with Gasteiger partial charge in [0.2, 0.25) is 0 Å². The molecule has 1 fully saturated rings. The molecule has 2 N–H and O–H groups in total. The number of nitrogens with two attached hydrogens (primary N) is 1. The standard InChI is InChI=1S/C14H18ClN3/c15-11-4-3-5-12-14(11)18(10-7-8-10)13(17-12)6-1-2-9-16/h3-5,10H,1-2,6-9,16H2. The van der Waals surface area contributed by atoms with Gasteiger partial charge in [-0.1, -0.05) is 17.7 Å². The molecule has 0 radical (unpaired) electrons. The van der Waals surface area contributed by atoms with Gasteiger partial charge >= 0.3 is 0 Å². The Morgan fingerprint density at radius 3 is 2.89 bits per heavy atom. The monoisotopic (exact) mass is 263 g/mol. The third kappa shape index (κ3) is 2.13. The van der Waals surface area contributed by atoms with E-state index in [2.05, 4.69) is 4.57 Å². The topological polar surface area (TPSA) is 43.8 Å². The fourth-order valence-corrected chi connectivity index (χ4v) is 2.75. The lowest BCUT2D eigenvalue weighted by Gasteiger charge is -2.08. The predicted octanol–water partition coefficient (Wildman–Crippen LogP) is 3.31. The number of rotatable bonds is 5. The van der Waals surface area contributed by atoms with E-state index in [1.54, 1.807) is 0 Å². The third-order valence-electron chi connectivity index (χ3n) is 3.50. The van der Waals surface area contributed by atoms with Crippen molar-refractivity contribution in [3.63, 3.8) is 0 Å². The van der Waals surface area contributed by atoms with Gasteiger partial charge in [0.1, 0.15) is 5.82 Å². The SMILES string of the molecule is NCCCCc1nc2cccc(Cl)c2n1C1CC1. The van der Waals surface area contributed by atoms with Gasteiger partial charge < -0.3 is 10.3 Å². The molecule has 0 spiro atoms. The van der Waals surface area contributed by atoms with E-state index in [-0.39, 0.29) is 0 Å². The molecular formula is C14H18ClN3. The lowest BCUT2D eigenvalue weighted by molar-refractivity contribution is 0.652. The summed E-state index contributed by atoms with van der Waals surface area (Å²) < 4.78 is 2.36. The van der Waals surface area contributed by atoms with Crippen molar-refractivity contribution in [2.45, 2.75) is 38.1 Å². The lowest BCUT2D eigenvalue weighted by atomic mass is 10.2. The first-order valence-corrected chi connectivity index (χ1v) is 7.04. The Morgan fingerprint density at radius 1 is 1.33 bits per heavy atom. The molecule has 0 atom stereocenters.